The van der Waals surface area contributed by atoms with Gasteiger partial charge in [0.15, 0.2) is 0 Å². The lowest BCUT2D eigenvalue weighted by Crippen LogP contribution is -2.63. The Morgan fingerprint density at radius 2 is 2.30 bits per heavy atom. The maximum absolute atomic E-state index is 12.7. The van der Waals surface area contributed by atoms with Crippen LogP contribution in [0.4, 0.5) is 5.82 Å². The zero-order chi connectivity index (χ0) is 14.8. The van der Waals surface area contributed by atoms with Crippen LogP contribution in [0.15, 0.2) is 18.3 Å². The quantitative estimate of drug-likeness (QED) is 0.859. The Morgan fingerprint density at radius 1 is 1.55 bits per heavy atom. The number of hydrogen-bond acceptors (Lipinski definition) is 4. The molecule has 6 nitrogen and oxygen atoms in total. The molecule has 2 amide bonds. The molecule has 1 aromatic heterocycles. The smallest absolute Gasteiger partial charge is 0.258 e. The summed E-state index contributed by atoms with van der Waals surface area (Å²) in [4.78, 5) is 30.5. The summed E-state index contributed by atoms with van der Waals surface area (Å²) in [5.41, 5.74) is -0.355. The van der Waals surface area contributed by atoms with Crippen LogP contribution < -0.4 is 10.6 Å². The third kappa shape index (κ3) is 2.45. The molecule has 0 aliphatic carbocycles. The van der Waals surface area contributed by atoms with Gasteiger partial charge in [-0.15, -0.1) is 0 Å². The normalized spacial score (nSPS) is 17.6. The maximum Gasteiger partial charge on any atom is 0.258 e. The average Bonchev–Trinajstić information content (AvgIpc) is 2.42. The zero-order valence-electron chi connectivity index (χ0n) is 12.1. The van der Waals surface area contributed by atoms with E-state index in [2.05, 4.69) is 15.6 Å². The zero-order valence-corrected chi connectivity index (χ0v) is 12.1. The van der Waals surface area contributed by atoms with Crippen molar-refractivity contribution in [1.82, 2.24) is 15.2 Å². The second-order valence-corrected chi connectivity index (χ2v) is 5.20. The Labute approximate surface area is 118 Å². The molecule has 0 radical (unpaired) electrons. The van der Waals surface area contributed by atoms with Crippen molar-refractivity contribution in [3.05, 3.63) is 23.9 Å². The van der Waals surface area contributed by atoms with Crippen molar-refractivity contribution in [3.8, 4) is 0 Å². The summed E-state index contributed by atoms with van der Waals surface area (Å²) < 4.78 is 0. The minimum absolute atomic E-state index is 0.133. The third-order valence-corrected chi connectivity index (χ3v) is 3.48. The van der Waals surface area contributed by atoms with Crippen LogP contribution in [0.1, 0.15) is 31.1 Å². The first-order chi connectivity index (χ1) is 9.48. The van der Waals surface area contributed by atoms with E-state index in [9.17, 15) is 9.59 Å². The van der Waals surface area contributed by atoms with Gasteiger partial charge in [0.05, 0.1) is 5.56 Å². The molecular formula is C14H20N4O2. The van der Waals surface area contributed by atoms with Gasteiger partial charge < -0.3 is 15.5 Å². The lowest BCUT2D eigenvalue weighted by molar-refractivity contribution is -0.133. The van der Waals surface area contributed by atoms with Crippen LogP contribution in [-0.2, 0) is 4.79 Å². The second kappa shape index (κ2) is 5.48. The summed E-state index contributed by atoms with van der Waals surface area (Å²) in [5, 5.41) is 5.86. The molecule has 6 heteroatoms. The first-order valence-electron chi connectivity index (χ1n) is 6.77. The Hall–Kier alpha value is -2.11. The molecule has 2 rings (SSSR count). The highest BCUT2D eigenvalue weighted by molar-refractivity contribution is 6.02. The Morgan fingerprint density at radius 3 is 3.00 bits per heavy atom. The number of rotatable bonds is 3. The molecule has 0 atom stereocenters. The SMILES string of the molecule is CCNc1ncccc1C(=O)N1CCNC(=O)C1(C)C. The molecule has 1 aliphatic heterocycles. The summed E-state index contributed by atoms with van der Waals surface area (Å²) in [6.45, 7) is 7.11. The molecule has 0 bridgehead atoms. The molecule has 20 heavy (non-hydrogen) atoms. The number of carbonyl (C=O) groups excluding carboxylic acids is 2. The van der Waals surface area contributed by atoms with Crippen molar-refractivity contribution in [1.29, 1.82) is 0 Å². The number of piperazine rings is 1. The van der Waals surface area contributed by atoms with E-state index >= 15 is 0 Å². The second-order valence-electron chi connectivity index (χ2n) is 5.20. The number of anilines is 1. The van der Waals surface area contributed by atoms with Crippen molar-refractivity contribution in [2.24, 2.45) is 0 Å². The minimum atomic E-state index is -0.853. The van der Waals surface area contributed by atoms with Crippen molar-refractivity contribution in [3.63, 3.8) is 0 Å². The molecule has 0 unspecified atom stereocenters. The Balaban J connectivity index is 2.33. The van der Waals surface area contributed by atoms with Gasteiger partial charge in [0, 0.05) is 25.8 Å². The van der Waals surface area contributed by atoms with Gasteiger partial charge in [0.2, 0.25) is 5.91 Å². The van der Waals surface area contributed by atoms with Gasteiger partial charge in [-0.1, -0.05) is 0 Å². The van der Waals surface area contributed by atoms with Crippen LogP contribution in [0.5, 0.6) is 0 Å². The van der Waals surface area contributed by atoms with Crippen LogP contribution in [-0.4, -0.2) is 46.9 Å². The van der Waals surface area contributed by atoms with E-state index in [1.807, 2.05) is 6.92 Å². The molecule has 1 fully saturated rings. The number of carbonyl (C=O) groups is 2. The van der Waals surface area contributed by atoms with Crippen molar-refractivity contribution < 1.29 is 9.59 Å². The van der Waals surface area contributed by atoms with E-state index < -0.39 is 5.54 Å². The van der Waals surface area contributed by atoms with Crippen LogP contribution in [0.3, 0.4) is 0 Å². The summed E-state index contributed by atoms with van der Waals surface area (Å²) >= 11 is 0. The molecular weight excluding hydrogens is 256 g/mol. The van der Waals surface area contributed by atoms with Gasteiger partial charge in [-0.2, -0.15) is 0 Å². The predicted molar refractivity (Wildman–Crippen MR) is 76.5 cm³/mol. The van der Waals surface area contributed by atoms with E-state index in [0.717, 1.165) is 0 Å². The monoisotopic (exact) mass is 276 g/mol. The van der Waals surface area contributed by atoms with E-state index in [-0.39, 0.29) is 11.8 Å². The van der Waals surface area contributed by atoms with Crippen LogP contribution in [0.25, 0.3) is 0 Å². The largest absolute Gasteiger partial charge is 0.370 e. The van der Waals surface area contributed by atoms with E-state index in [1.165, 1.54) is 0 Å². The lowest BCUT2D eigenvalue weighted by Gasteiger charge is -2.41. The first-order valence-corrected chi connectivity index (χ1v) is 6.77. The molecule has 0 saturated carbocycles. The predicted octanol–water partition coefficient (Wildman–Crippen LogP) is 0.864. The van der Waals surface area contributed by atoms with Gasteiger partial charge in [0.25, 0.3) is 5.91 Å². The van der Waals surface area contributed by atoms with E-state index in [1.54, 1.807) is 37.1 Å². The third-order valence-electron chi connectivity index (χ3n) is 3.48. The van der Waals surface area contributed by atoms with Gasteiger partial charge >= 0.3 is 0 Å². The van der Waals surface area contributed by atoms with E-state index in [0.29, 0.717) is 31.0 Å². The van der Waals surface area contributed by atoms with Crippen molar-refractivity contribution in [2.45, 2.75) is 26.3 Å². The molecule has 1 aromatic rings. The number of nitrogens with one attached hydrogen (secondary N) is 2. The Kier molecular flexibility index (Phi) is 3.92. The minimum Gasteiger partial charge on any atom is -0.370 e. The maximum atomic E-state index is 12.7. The Bertz CT molecular complexity index is 528. The fourth-order valence-corrected chi connectivity index (χ4v) is 2.29. The molecule has 1 aliphatic rings. The van der Waals surface area contributed by atoms with Gasteiger partial charge in [-0.05, 0) is 32.9 Å². The number of aromatic nitrogens is 1. The molecule has 0 aromatic carbocycles. The summed E-state index contributed by atoms with van der Waals surface area (Å²) in [5.74, 6) is 0.252. The number of nitrogens with zero attached hydrogens (tertiary/aromatic N) is 2. The standard InChI is InChI=1S/C14H20N4O2/c1-4-15-11-10(6-5-7-16-11)12(19)18-9-8-17-13(20)14(18,2)3/h5-7H,4,8-9H2,1-3H3,(H,15,16)(H,17,20). The first kappa shape index (κ1) is 14.3. The topological polar surface area (TPSA) is 74.3 Å². The lowest BCUT2D eigenvalue weighted by atomic mass is 9.97. The average molecular weight is 276 g/mol. The van der Waals surface area contributed by atoms with Crippen LogP contribution in [0, 0.1) is 0 Å². The summed E-state index contributed by atoms with van der Waals surface area (Å²) in [6, 6.07) is 3.46. The highest BCUT2D eigenvalue weighted by Gasteiger charge is 2.41. The van der Waals surface area contributed by atoms with Crippen LogP contribution >= 0.6 is 0 Å². The number of amides is 2. The molecule has 2 N–H and O–H groups in total. The fraction of sp³-hybridized carbons (Fsp3) is 0.500. The molecule has 0 spiro atoms. The highest BCUT2D eigenvalue weighted by Crippen LogP contribution is 2.23. The van der Waals surface area contributed by atoms with Gasteiger partial charge in [0.1, 0.15) is 11.4 Å². The fourth-order valence-electron chi connectivity index (χ4n) is 2.29. The van der Waals surface area contributed by atoms with Crippen LogP contribution in [0.2, 0.25) is 0 Å². The van der Waals surface area contributed by atoms with Gasteiger partial charge in [-0.3, -0.25) is 9.59 Å². The molecule has 108 valence electrons. The number of pyridine rings is 1. The summed E-state index contributed by atoms with van der Waals surface area (Å²) in [6.07, 6.45) is 1.64. The van der Waals surface area contributed by atoms with Crippen molar-refractivity contribution in [2.75, 3.05) is 25.0 Å². The molecule has 1 saturated heterocycles. The van der Waals surface area contributed by atoms with E-state index in [4.69, 9.17) is 0 Å². The summed E-state index contributed by atoms with van der Waals surface area (Å²) in [7, 11) is 0. The van der Waals surface area contributed by atoms with Crippen molar-refractivity contribution >= 4 is 17.6 Å². The highest BCUT2D eigenvalue weighted by atomic mass is 16.2. The molecule has 2 heterocycles. The van der Waals surface area contributed by atoms with Gasteiger partial charge in [-0.25, -0.2) is 4.98 Å². The number of hydrogen-bond donors (Lipinski definition) is 2.